The summed E-state index contributed by atoms with van der Waals surface area (Å²) < 4.78 is 1.85. The first-order valence-electron chi connectivity index (χ1n) is 9.01. The van der Waals surface area contributed by atoms with Gasteiger partial charge in [-0.15, -0.1) is 0 Å². The number of anilines is 1. The maximum Gasteiger partial charge on any atom is 0.180 e. The summed E-state index contributed by atoms with van der Waals surface area (Å²) in [7, 11) is 0. The number of imidazole rings is 1. The van der Waals surface area contributed by atoms with E-state index in [0.29, 0.717) is 16.6 Å². The molecule has 0 spiro atoms. The monoisotopic (exact) mass is 395 g/mol. The minimum Gasteiger partial charge on any atom is -0.351 e. The normalized spacial score (nSPS) is 20.0. The van der Waals surface area contributed by atoms with E-state index in [1.54, 1.807) is 24.8 Å². The van der Waals surface area contributed by atoms with Crippen molar-refractivity contribution in [2.24, 2.45) is 0 Å². The molecule has 4 aromatic heterocycles. The fraction of sp³-hybridized carbons (Fsp3) is 0.278. The van der Waals surface area contributed by atoms with Crippen LogP contribution in [0, 0.1) is 0 Å². The van der Waals surface area contributed by atoms with Crippen molar-refractivity contribution in [1.29, 1.82) is 0 Å². The Morgan fingerprint density at radius 3 is 2.96 bits per heavy atom. The summed E-state index contributed by atoms with van der Waals surface area (Å²) in [6.45, 7) is 3.90. The number of hydrogen-bond donors (Lipinski definition) is 2. The van der Waals surface area contributed by atoms with Gasteiger partial charge in [-0.05, 0) is 13.0 Å². The number of hydrogen-bond acceptors (Lipinski definition) is 7. The topological polar surface area (TPSA) is 99.9 Å². The third kappa shape index (κ3) is 2.88. The first-order chi connectivity index (χ1) is 13.7. The molecule has 0 aliphatic carbocycles. The molecule has 0 bridgehead atoms. The van der Waals surface area contributed by atoms with Gasteiger partial charge in [0, 0.05) is 43.3 Å². The second kappa shape index (κ2) is 6.84. The molecule has 142 valence electrons. The van der Waals surface area contributed by atoms with Crippen molar-refractivity contribution in [2.45, 2.75) is 19.0 Å². The highest BCUT2D eigenvalue weighted by molar-refractivity contribution is 6.29. The molecule has 2 atom stereocenters. The Morgan fingerprint density at radius 2 is 2.11 bits per heavy atom. The third-order valence-electron chi connectivity index (χ3n) is 5.10. The zero-order valence-corrected chi connectivity index (χ0v) is 15.9. The molecule has 1 saturated heterocycles. The van der Waals surface area contributed by atoms with E-state index in [9.17, 15) is 0 Å². The van der Waals surface area contributed by atoms with E-state index in [-0.39, 0.29) is 12.1 Å². The molecule has 0 saturated carbocycles. The van der Waals surface area contributed by atoms with Crippen LogP contribution in [0.4, 0.5) is 5.82 Å². The van der Waals surface area contributed by atoms with Crippen molar-refractivity contribution in [3.8, 4) is 11.5 Å². The van der Waals surface area contributed by atoms with Crippen LogP contribution in [0.25, 0.3) is 17.2 Å². The summed E-state index contributed by atoms with van der Waals surface area (Å²) in [5.41, 5.74) is 2.61. The van der Waals surface area contributed by atoms with Gasteiger partial charge in [0.25, 0.3) is 0 Å². The highest BCUT2D eigenvalue weighted by atomic mass is 35.5. The van der Waals surface area contributed by atoms with Gasteiger partial charge in [0.15, 0.2) is 11.5 Å². The van der Waals surface area contributed by atoms with E-state index in [2.05, 4.69) is 42.3 Å². The average molecular weight is 396 g/mol. The second-order valence-electron chi connectivity index (χ2n) is 6.72. The van der Waals surface area contributed by atoms with Crippen LogP contribution in [0.15, 0.2) is 43.2 Å². The molecule has 0 radical (unpaired) electrons. The van der Waals surface area contributed by atoms with Crippen LogP contribution in [0.3, 0.4) is 0 Å². The molecule has 0 aromatic carbocycles. The summed E-state index contributed by atoms with van der Waals surface area (Å²) >= 11 is 6.05. The van der Waals surface area contributed by atoms with E-state index in [1.165, 1.54) is 0 Å². The van der Waals surface area contributed by atoms with Gasteiger partial charge in [0.1, 0.15) is 16.7 Å². The summed E-state index contributed by atoms with van der Waals surface area (Å²) in [4.78, 5) is 20.0. The lowest BCUT2D eigenvalue weighted by Crippen LogP contribution is -2.52. The lowest BCUT2D eigenvalue weighted by atomic mass is 10.00. The van der Waals surface area contributed by atoms with Gasteiger partial charge in [0.05, 0.1) is 24.6 Å². The van der Waals surface area contributed by atoms with Crippen molar-refractivity contribution in [3.05, 3.63) is 54.0 Å². The predicted molar refractivity (Wildman–Crippen MR) is 105 cm³/mol. The molecule has 4 aromatic rings. The van der Waals surface area contributed by atoms with Gasteiger partial charge in [-0.25, -0.2) is 19.9 Å². The maximum atomic E-state index is 6.05. The van der Waals surface area contributed by atoms with Gasteiger partial charge in [-0.3, -0.25) is 9.50 Å². The third-order valence-corrected chi connectivity index (χ3v) is 5.29. The van der Waals surface area contributed by atoms with Crippen LogP contribution >= 0.6 is 11.6 Å². The molecule has 5 heterocycles. The zero-order valence-electron chi connectivity index (χ0n) is 15.1. The van der Waals surface area contributed by atoms with Crippen LogP contribution in [-0.4, -0.2) is 53.7 Å². The van der Waals surface area contributed by atoms with E-state index < -0.39 is 0 Å². The molecular formula is C18H18ClN9. The van der Waals surface area contributed by atoms with Crippen molar-refractivity contribution in [3.63, 3.8) is 0 Å². The number of aromatic nitrogens is 7. The molecule has 5 rings (SSSR count). The number of rotatable bonds is 3. The number of halogens is 1. The smallest absolute Gasteiger partial charge is 0.180 e. The van der Waals surface area contributed by atoms with E-state index in [0.717, 1.165) is 30.2 Å². The Balaban J connectivity index is 1.51. The van der Waals surface area contributed by atoms with Crippen molar-refractivity contribution in [1.82, 2.24) is 39.9 Å². The number of H-pyrrole nitrogens is 1. The number of aromatic amines is 1. The molecule has 28 heavy (non-hydrogen) atoms. The van der Waals surface area contributed by atoms with E-state index >= 15 is 0 Å². The van der Waals surface area contributed by atoms with Crippen LogP contribution in [0.2, 0.25) is 5.15 Å². The Hall–Kier alpha value is -3.04. The highest BCUT2D eigenvalue weighted by Gasteiger charge is 2.30. The summed E-state index contributed by atoms with van der Waals surface area (Å²) in [5, 5.41) is 10.9. The number of piperazine rings is 1. The van der Waals surface area contributed by atoms with Gasteiger partial charge < -0.3 is 10.2 Å². The molecule has 0 amide bonds. The van der Waals surface area contributed by atoms with E-state index in [4.69, 9.17) is 16.6 Å². The molecule has 2 unspecified atom stereocenters. The number of nitrogens with one attached hydrogen (secondary N) is 2. The minimum atomic E-state index is 0.173. The largest absolute Gasteiger partial charge is 0.351 e. The predicted octanol–water partition coefficient (Wildman–Crippen LogP) is 2.10. The second-order valence-corrected chi connectivity index (χ2v) is 7.10. The van der Waals surface area contributed by atoms with Gasteiger partial charge in [0.2, 0.25) is 0 Å². The first kappa shape index (κ1) is 17.1. The van der Waals surface area contributed by atoms with Gasteiger partial charge >= 0.3 is 0 Å². The molecule has 1 fully saturated rings. The fourth-order valence-electron chi connectivity index (χ4n) is 3.71. The minimum absolute atomic E-state index is 0.173. The lowest BCUT2D eigenvalue weighted by molar-refractivity contribution is 0.389. The van der Waals surface area contributed by atoms with Crippen LogP contribution in [0.5, 0.6) is 0 Å². The Bertz CT molecular complexity index is 1110. The lowest BCUT2D eigenvalue weighted by Gasteiger charge is -2.40. The molecule has 9 nitrogen and oxygen atoms in total. The van der Waals surface area contributed by atoms with Crippen LogP contribution < -0.4 is 10.2 Å². The van der Waals surface area contributed by atoms with Crippen molar-refractivity contribution < 1.29 is 0 Å². The quantitative estimate of drug-likeness (QED) is 0.548. The Kier molecular flexibility index (Phi) is 4.18. The van der Waals surface area contributed by atoms with Crippen molar-refractivity contribution >= 4 is 23.1 Å². The maximum absolute atomic E-state index is 6.05. The molecule has 10 heteroatoms. The average Bonchev–Trinajstić information content (AvgIpc) is 3.38. The van der Waals surface area contributed by atoms with E-state index in [1.807, 2.05) is 22.9 Å². The molecular weight excluding hydrogens is 378 g/mol. The SMILES string of the molecule is CC1C(c2cn[nH]c2)NCCN1c1ccnc(-c2cnc3cnc(Cl)cn23)n1. The first-order valence-corrected chi connectivity index (χ1v) is 9.39. The molecule has 2 N–H and O–H groups in total. The highest BCUT2D eigenvalue weighted by Crippen LogP contribution is 2.28. The van der Waals surface area contributed by atoms with Crippen molar-refractivity contribution in [2.75, 3.05) is 18.0 Å². The van der Waals surface area contributed by atoms with Crippen LogP contribution in [0.1, 0.15) is 18.5 Å². The summed E-state index contributed by atoms with van der Waals surface area (Å²) in [6.07, 6.45) is 10.7. The van der Waals surface area contributed by atoms with Gasteiger partial charge in [-0.2, -0.15) is 5.10 Å². The summed E-state index contributed by atoms with van der Waals surface area (Å²) in [5.74, 6) is 1.47. The fourth-order valence-corrected chi connectivity index (χ4v) is 3.86. The Morgan fingerprint density at radius 1 is 1.18 bits per heavy atom. The number of nitrogens with zero attached hydrogens (tertiary/aromatic N) is 7. The summed E-state index contributed by atoms with van der Waals surface area (Å²) in [6, 6.07) is 2.32. The molecule has 1 aliphatic heterocycles. The van der Waals surface area contributed by atoms with Gasteiger partial charge in [-0.1, -0.05) is 11.6 Å². The number of fused-ring (bicyclic) bond motifs is 1. The zero-order chi connectivity index (χ0) is 19.1. The Labute approximate surface area is 165 Å². The standard InChI is InChI=1S/C18H18ClN9/c1-11-17(12-6-24-25-7-12)20-4-5-27(11)15-2-3-21-18(26-15)13-8-23-16-9-22-14(19)10-28(13)16/h2-3,6-11,17,20H,4-5H2,1H3,(H,24,25). The molecule has 1 aliphatic rings. The van der Waals surface area contributed by atoms with Crippen LogP contribution in [-0.2, 0) is 0 Å².